The van der Waals surface area contributed by atoms with Crippen LogP contribution in [0.5, 0.6) is 0 Å². The Labute approximate surface area is 134 Å². The number of amides is 3. The fourth-order valence-electron chi connectivity index (χ4n) is 2.45. The Bertz CT molecular complexity index is 515. The Kier molecular flexibility index (Phi) is 6.24. The number of carbonyl (C=O) groups excluding carboxylic acids is 2. The third-order valence-corrected chi connectivity index (χ3v) is 4.78. The zero-order valence-electron chi connectivity index (χ0n) is 12.6. The van der Waals surface area contributed by atoms with E-state index in [1.54, 1.807) is 19.1 Å². The van der Waals surface area contributed by atoms with Crippen molar-refractivity contribution in [3.63, 3.8) is 0 Å². The predicted molar refractivity (Wildman–Crippen MR) is 85.3 cm³/mol. The van der Waals surface area contributed by atoms with Gasteiger partial charge in [0.05, 0.1) is 5.25 Å². The van der Waals surface area contributed by atoms with Crippen LogP contribution in [0.15, 0.2) is 29.2 Å². The molecule has 0 radical (unpaired) electrons. The van der Waals surface area contributed by atoms with Crippen molar-refractivity contribution in [3.05, 3.63) is 30.1 Å². The molecule has 0 bridgehead atoms. The van der Waals surface area contributed by atoms with Gasteiger partial charge in [0, 0.05) is 10.9 Å². The van der Waals surface area contributed by atoms with Gasteiger partial charge in [0.15, 0.2) is 0 Å². The van der Waals surface area contributed by atoms with Gasteiger partial charge in [-0.25, -0.2) is 9.18 Å². The Hall–Kier alpha value is -1.56. The van der Waals surface area contributed by atoms with E-state index >= 15 is 0 Å². The lowest BCUT2D eigenvalue weighted by atomic mass is 9.96. The minimum atomic E-state index is -0.428. The van der Waals surface area contributed by atoms with Crippen molar-refractivity contribution in [2.45, 2.75) is 55.2 Å². The maximum absolute atomic E-state index is 12.8. The van der Waals surface area contributed by atoms with Crippen LogP contribution in [0.4, 0.5) is 9.18 Å². The van der Waals surface area contributed by atoms with Crippen LogP contribution in [-0.2, 0) is 4.79 Å². The van der Waals surface area contributed by atoms with Crippen LogP contribution in [0.25, 0.3) is 0 Å². The number of urea groups is 1. The molecule has 1 atom stereocenters. The summed E-state index contributed by atoms with van der Waals surface area (Å²) in [6.07, 6.45) is 5.40. The molecule has 1 aliphatic carbocycles. The van der Waals surface area contributed by atoms with Crippen LogP contribution < -0.4 is 10.6 Å². The molecule has 0 saturated heterocycles. The van der Waals surface area contributed by atoms with Crippen molar-refractivity contribution < 1.29 is 14.0 Å². The van der Waals surface area contributed by atoms with Crippen molar-refractivity contribution in [2.24, 2.45) is 0 Å². The molecule has 0 spiro atoms. The van der Waals surface area contributed by atoms with Crippen LogP contribution in [0.2, 0.25) is 0 Å². The van der Waals surface area contributed by atoms with E-state index in [9.17, 15) is 14.0 Å². The molecule has 0 unspecified atom stereocenters. The molecule has 0 aromatic heterocycles. The van der Waals surface area contributed by atoms with E-state index in [-0.39, 0.29) is 17.8 Å². The standard InChI is InChI=1S/C16H21FN2O2S/c1-11(22-14-9-7-12(17)8-10-14)15(20)19-16(21)18-13-5-3-2-4-6-13/h7-11,13H,2-6H2,1H3,(H2,18,19,20,21)/t11-/m1/s1. The number of benzene rings is 1. The lowest BCUT2D eigenvalue weighted by Gasteiger charge is -2.23. The largest absolute Gasteiger partial charge is 0.335 e. The second-order valence-corrected chi connectivity index (χ2v) is 6.93. The highest BCUT2D eigenvalue weighted by Gasteiger charge is 2.20. The van der Waals surface area contributed by atoms with Gasteiger partial charge in [-0.1, -0.05) is 19.3 Å². The van der Waals surface area contributed by atoms with Crippen molar-refractivity contribution in [3.8, 4) is 0 Å². The first-order chi connectivity index (χ1) is 10.5. The molecule has 0 aliphatic heterocycles. The molecule has 2 rings (SSSR count). The predicted octanol–water partition coefficient (Wildman–Crippen LogP) is 3.46. The van der Waals surface area contributed by atoms with E-state index < -0.39 is 11.3 Å². The number of carbonyl (C=O) groups is 2. The summed E-state index contributed by atoms with van der Waals surface area (Å²) in [5.74, 6) is -0.657. The fourth-order valence-corrected chi connectivity index (χ4v) is 3.32. The number of rotatable bonds is 4. The van der Waals surface area contributed by atoms with Crippen molar-refractivity contribution in [1.82, 2.24) is 10.6 Å². The Morgan fingerprint density at radius 2 is 1.82 bits per heavy atom. The zero-order chi connectivity index (χ0) is 15.9. The average Bonchev–Trinajstić information content (AvgIpc) is 2.50. The number of hydrogen-bond acceptors (Lipinski definition) is 3. The number of halogens is 1. The quantitative estimate of drug-likeness (QED) is 0.834. The number of thioether (sulfide) groups is 1. The first kappa shape index (κ1) is 16.8. The van der Waals surface area contributed by atoms with Crippen molar-refractivity contribution in [1.29, 1.82) is 0 Å². The lowest BCUT2D eigenvalue weighted by molar-refractivity contribution is -0.119. The summed E-state index contributed by atoms with van der Waals surface area (Å²) >= 11 is 1.29. The lowest BCUT2D eigenvalue weighted by Crippen LogP contribution is -2.47. The summed E-state index contributed by atoms with van der Waals surface area (Å²) in [5.41, 5.74) is 0. The monoisotopic (exact) mass is 324 g/mol. The van der Waals surface area contributed by atoms with Crippen LogP contribution in [0, 0.1) is 5.82 Å². The number of hydrogen-bond donors (Lipinski definition) is 2. The molecule has 1 aromatic rings. The summed E-state index contributed by atoms with van der Waals surface area (Å²) in [5, 5.41) is 4.79. The van der Waals surface area contributed by atoms with Gasteiger partial charge >= 0.3 is 6.03 Å². The highest BCUT2D eigenvalue weighted by Crippen LogP contribution is 2.23. The molecule has 1 fully saturated rings. The Morgan fingerprint density at radius 3 is 2.45 bits per heavy atom. The Balaban J connectivity index is 1.77. The van der Waals surface area contributed by atoms with E-state index in [4.69, 9.17) is 0 Å². The molecule has 2 N–H and O–H groups in total. The first-order valence-electron chi connectivity index (χ1n) is 7.58. The Morgan fingerprint density at radius 1 is 1.18 bits per heavy atom. The summed E-state index contributed by atoms with van der Waals surface area (Å²) in [6.45, 7) is 1.72. The molecule has 3 amide bonds. The van der Waals surface area contributed by atoms with E-state index in [2.05, 4.69) is 10.6 Å². The van der Waals surface area contributed by atoms with Crippen LogP contribution >= 0.6 is 11.8 Å². The minimum Gasteiger partial charge on any atom is -0.335 e. The van der Waals surface area contributed by atoms with Crippen molar-refractivity contribution >= 4 is 23.7 Å². The second kappa shape index (κ2) is 8.17. The molecule has 1 saturated carbocycles. The smallest absolute Gasteiger partial charge is 0.321 e. The van der Waals surface area contributed by atoms with Crippen molar-refractivity contribution in [2.75, 3.05) is 0 Å². The maximum Gasteiger partial charge on any atom is 0.321 e. The fraction of sp³-hybridized carbons (Fsp3) is 0.500. The zero-order valence-corrected chi connectivity index (χ0v) is 13.4. The number of imide groups is 1. The van der Waals surface area contributed by atoms with Gasteiger partial charge in [-0.2, -0.15) is 0 Å². The summed E-state index contributed by atoms with van der Waals surface area (Å²) in [6, 6.07) is 5.67. The van der Waals surface area contributed by atoms with E-state index in [1.807, 2.05) is 0 Å². The summed E-state index contributed by atoms with van der Waals surface area (Å²) in [4.78, 5) is 24.6. The van der Waals surface area contributed by atoms with Gasteiger partial charge in [0.25, 0.3) is 0 Å². The number of nitrogens with one attached hydrogen (secondary N) is 2. The first-order valence-corrected chi connectivity index (χ1v) is 8.46. The van der Waals surface area contributed by atoms with E-state index in [0.29, 0.717) is 0 Å². The molecule has 6 heteroatoms. The van der Waals surface area contributed by atoms with Crippen LogP contribution in [-0.4, -0.2) is 23.2 Å². The molecule has 0 heterocycles. The molecular weight excluding hydrogens is 303 g/mol. The normalized spacial score (nSPS) is 16.8. The summed E-state index contributed by atoms with van der Waals surface area (Å²) in [7, 11) is 0. The second-order valence-electron chi connectivity index (χ2n) is 5.51. The highest BCUT2D eigenvalue weighted by molar-refractivity contribution is 8.00. The van der Waals surface area contributed by atoms with Crippen LogP contribution in [0.3, 0.4) is 0 Å². The molecular formula is C16H21FN2O2S. The molecule has 1 aliphatic rings. The molecule has 22 heavy (non-hydrogen) atoms. The topological polar surface area (TPSA) is 58.2 Å². The van der Waals surface area contributed by atoms with Crippen LogP contribution in [0.1, 0.15) is 39.0 Å². The van der Waals surface area contributed by atoms with E-state index in [0.717, 1.165) is 30.6 Å². The van der Waals surface area contributed by atoms with Gasteiger partial charge in [-0.05, 0) is 44.0 Å². The molecule has 4 nitrogen and oxygen atoms in total. The van der Waals surface area contributed by atoms with Gasteiger partial charge in [-0.3, -0.25) is 10.1 Å². The third kappa shape index (κ3) is 5.33. The third-order valence-electron chi connectivity index (χ3n) is 3.67. The summed E-state index contributed by atoms with van der Waals surface area (Å²) < 4.78 is 12.8. The maximum atomic E-state index is 12.8. The average molecular weight is 324 g/mol. The minimum absolute atomic E-state index is 0.168. The van der Waals surface area contributed by atoms with Gasteiger partial charge in [-0.15, -0.1) is 11.8 Å². The van der Waals surface area contributed by atoms with E-state index in [1.165, 1.54) is 30.3 Å². The molecule has 1 aromatic carbocycles. The van der Waals surface area contributed by atoms with Gasteiger partial charge < -0.3 is 5.32 Å². The SMILES string of the molecule is C[C@@H](Sc1ccc(F)cc1)C(=O)NC(=O)NC1CCCCC1. The van der Waals surface area contributed by atoms with Gasteiger partial charge in [0.1, 0.15) is 5.82 Å². The molecule has 120 valence electrons. The highest BCUT2D eigenvalue weighted by atomic mass is 32.2. The van der Waals surface area contributed by atoms with Gasteiger partial charge in [0.2, 0.25) is 5.91 Å².